The van der Waals surface area contributed by atoms with Gasteiger partial charge in [-0.3, -0.25) is 9.59 Å². The van der Waals surface area contributed by atoms with E-state index in [-0.39, 0.29) is 50.0 Å². The highest BCUT2D eigenvalue weighted by molar-refractivity contribution is 8.00. The molecule has 2 N–H and O–H groups in total. The molecular weight excluding hydrogens is 331 g/mol. The number of hydrogen-bond acceptors (Lipinski definition) is 4. The maximum absolute atomic E-state index is 12.9. The minimum atomic E-state index is -4.46. The van der Waals surface area contributed by atoms with Gasteiger partial charge in [0.25, 0.3) is 0 Å². The van der Waals surface area contributed by atoms with Gasteiger partial charge in [-0.05, 0) is 12.8 Å². The van der Waals surface area contributed by atoms with Crippen LogP contribution in [0.5, 0.6) is 0 Å². The zero-order valence-corrected chi connectivity index (χ0v) is 12.8. The number of likely N-dealkylation sites (tertiary alicyclic amines) is 1. The standard InChI is InChI=1S/C11H16F3N3O2S.ClH/c12-11(13,14)8-2-1-7(15)3-17(8)9(18)4-16-6-20-5-10(16)19;/h7-8H,1-6,15H2;1H. The molecule has 2 atom stereocenters. The lowest BCUT2D eigenvalue weighted by molar-refractivity contribution is -0.197. The van der Waals surface area contributed by atoms with Gasteiger partial charge in [0.05, 0.1) is 11.6 Å². The van der Waals surface area contributed by atoms with Crippen LogP contribution in [0, 0.1) is 0 Å². The van der Waals surface area contributed by atoms with Crippen molar-refractivity contribution in [3.63, 3.8) is 0 Å². The lowest BCUT2D eigenvalue weighted by Crippen LogP contribution is -2.58. The number of carbonyl (C=O) groups excluding carboxylic acids is 2. The van der Waals surface area contributed by atoms with E-state index in [0.717, 1.165) is 4.90 Å². The van der Waals surface area contributed by atoms with Crippen LogP contribution < -0.4 is 5.73 Å². The molecule has 0 saturated carbocycles. The largest absolute Gasteiger partial charge is 0.408 e. The third kappa shape index (κ3) is 4.40. The number of thioether (sulfide) groups is 1. The van der Waals surface area contributed by atoms with Gasteiger partial charge in [0.2, 0.25) is 11.8 Å². The first kappa shape index (κ1) is 18.4. The molecule has 0 bridgehead atoms. The topological polar surface area (TPSA) is 66.6 Å². The predicted octanol–water partition coefficient (Wildman–Crippen LogP) is 0.822. The van der Waals surface area contributed by atoms with Crippen molar-refractivity contribution >= 4 is 36.0 Å². The Balaban J connectivity index is 0.00000220. The third-order valence-electron chi connectivity index (χ3n) is 3.47. The van der Waals surface area contributed by atoms with Crippen LogP contribution in [0.4, 0.5) is 13.2 Å². The maximum Gasteiger partial charge on any atom is 0.408 e. The van der Waals surface area contributed by atoms with E-state index in [1.807, 2.05) is 0 Å². The SMILES string of the molecule is Cl.NC1CCC(C(F)(F)F)N(C(=O)CN2CSCC2=O)C1. The van der Waals surface area contributed by atoms with Crippen LogP contribution in [0.15, 0.2) is 0 Å². The van der Waals surface area contributed by atoms with Gasteiger partial charge in [-0.1, -0.05) is 0 Å². The molecule has 0 radical (unpaired) electrons. The smallest absolute Gasteiger partial charge is 0.327 e. The minimum Gasteiger partial charge on any atom is -0.327 e. The van der Waals surface area contributed by atoms with Gasteiger partial charge in [0.15, 0.2) is 0 Å². The minimum absolute atomic E-state index is 0. The molecule has 10 heteroatoms. The predicted molar refractivity (Wildman–Crippen MR) is 75.1 cm³/mol. The van der Waals surface area contributed by atoms with Crippen LogP contribution >= 0.6 is 24.2 Å². The van der Waals surface area contributed by atoms with Crippen LogP contribution in [-0.2, 0) is 9.59 Å². The van der Waals surface area contributed by atoms with Gasteiger partial charge in [0.1, 0.15) is 12.6 Å². The Bertz CT molecular complexity index is 411. The van der Waals surface area contributed by atoms with Gasteiger partial charge in [-0.15, -0.1) is 24.2 Å². The second-order valence-corrected chi connectivity index (χ2v) is 5.97. The van der Waals surface area contributed by atoms with Crippen LogP contribution in [-0.4, -0.2) is 64.6 Å². The summed E-state index contributed by atoms with van der Waals surface area (Å²) in [6, 6.07) is -2.23. The average molecular weight is 348 g/mol. The van der Waals surface area contributed by atoms with Crippen molar-refractivity contribution in [2.45, 2.75) is 31.1 Å². The third-order valence-corrected chi connectivity index (χ3v) is 4.41. The van der Waals surface area contributed by atoms with E-state index in [0.29, 0.717) is 5.88 Å². The van der Waals surface area contributed by atoms with Crippen LogP contribution in [0.3, 0.4) is 0 Å². The van der Waals surface area contributed by atoms with E-state index in [4.69, 9.17) is 5.73 Å². The molecule has 0 aromatic carbocycles. The van der Waals surface area contributed by atoms with Crippen molar-refractivity contribution < 1.29 is 22.8 Å². The summed E-state index contributed by atoms with van der Waals surface area (Å²) in [4.78, 5) is 25.6. The zero-order valence-electron chi connectivity index (χ0n) is 11.1. The van der Waals surface area contributed by atoms with E-state index in [1.54, 1.807) is 0 Å². The van der Waals surface area contributed by atoms with Crippen molar-refractivity contribution in [2.24, 2.45) is 5.73 Å². The molecule has 2 fully saturated rings. The Hall–Kier alpha value is -0.670. The van der Waals surface area contributed by atoms with E-state index >= 15 is 0 Å². The summed E-state index contributed by atoms with van der Waals surface area (Å²) < 4.78 is 38.8. The Labute approximate surface area is 130 Å². The van der Waals surface area contributed by atoms with Gasteiger partial charge in [-0.2, -0.15) is 13.2 Å². The van der Waals surface area contributed by atoms with E-state index < -0.39 is 24.2 Å². The molecule has 2 aliphatic rings. The molecule has 2 heterocycles. The highest BCUT2D eigenvalue weighted by Crippen LogP contribution is 2.31. The summed E-state index contributed by atoms with van der Waals surface area (Å²) >= 11 is 1.34. The van der Waals surface area contributed by atoms with Gasteiger partial charge < -0.3 is 15.5 Å². The number of halogens is 4. The second-order valence-electron chi connectivity index (χ2n) is 5.01. The molecule has 2 saturated heterocycles. The number of amides is 2. The molecule has 0 spiro atoms. The lowest BCUT2D eigenvalue weighted by atomic mass is 9.98. The molecule has 2 unspecified atom stereocenters. The average Bonchev–Trinajstić information content (AvgIpc) is 2.73. The molecule has 5 nitrogen and oxygen atoms in total. The normalized spacial score (nSPS) is 26.8. The summed E-state index contributed by atoms with van der Waals surface area (Å²) in [5.41, 5.74) is 5.66. The number of hydrogen-bond donors (Lipinski definition) is 1. The number of alkyl halides is 3. The number of rotatable bonds is 2. The molecule has 0 aromatic rings. The molecule has 2 rings (SSSR count). The van der Waals surface area contributed by atoms with E-state index in [9.17, 15) is 22.8 Å². The van der Waals surface area contributed by atoms with Crippen molar-refractivity contribution in [1.82, 2.24) is 9.80 Å². The lowest BCUT2D eigenvalue weighted by Gasteiger charge is -2.39. The van der Waals surface area contributed by atoms with Crippen LogP contribution in [0.1, 0.15) is 12.8 Å². The molecule has 2 amide bonds. The molecule has 122 valence electrons. The molecule has 0 aliphatic carbocycles. The molecule has 2 aliphatic heterocycles. The second kappa shape index (κ2) is 7.06. The zero-order chi connectivity index (χ0) is 14.9. The van der Waals surface area contributed by atoms with E-state index in [2.05, 4.69) is 0 Å². The summed E-state index contributed by atoms with van der Waals surface area (Å²) in [7, 11) is 0. The Morgan fingerprint density at radius 1 is 1.38 bits per heavy atom. The van der Waals surface area contributed by atoms with Gasteiger partial charge >= 0.3 is 6.18 Å². The Morgan fingerprint density at radius 2 is 2.05 bits per heavy atom. The Kier molecular flexibility index (Phi) is 6.18. The first-order valence-electron chi connectivity index (χ1n) is 6.26. The van der Waals surface area contributed by atoms with Crippen LogP contribution in [0.2, 0.25) is 0 Å². The molecular formula is C11H17ClF3N3O2S. The summed E-state index contributed by atoms with van der Waals surface area (Å²) in [6.45, 7) is -0.413. The number of nitrogens with zero attached hydrogens (tertiary/aromatic N) is 2. The van der Waals surface area contributed by atoms with E-state index in [1.165, 1.54) is 16.7 Å². The van der Waals surface area contributed by atoms with Crippen LogP contribution in [0.25, 0.3) is 0 Å². The van der Waals surface area contributed by atoms with Crippen molar-refractivity contribution in [1.29, 1.82) is 0 Å². The molecule has 21 heavy (non-hydrogen) atoms. The quantitative estimate of drug-likeness (QED) is 0.803. The maximum atomic E-state index is 12.9. The molecule has 0 aromatic heterocycles. The first-order valence-corrected chi connectivity index (χ1v) is 7.42. The number of piperidine rings is 1. The fourth-order valence-electron chi connectivity index (χ4n) is 2.41. The first-order chi connectivity index (χ1) is 9.29. The monoisotopic (exact) mass is 347 g/mol. The van der Waals surface area contributed by atoms with Gasteiger partial charge in [0, 0.05) is 12.6 Å². The van der Waals surface area contributed by atoms with Gasteiger partial charge in [-0.25, -0.2) is 0 Å². The fourth-order valence-corrected chi connectivity index (χ4v) is 3.31. The van der Waals surface area contributed by atoms with Crippen molar-refractivity contribution in [3.05, 3.63) is 0 Å². The highest BCUT2D eigenvalue weighted by atomic mass is 35.5. The van der Waals surface area contributed by atoms with Crippen molar-refractivity contribution in [3.8, 4) is 0 Å². The summed E-state index contributed by atoms with van der Waals surface area (Å²) in [6.07, 6.45) is -4.40. The highest BCUT2D eigenvalue weighted by Gasteiger charge is 2.47. The fraction of sp³-hybridized carbons (Fsp3) is 0.818. The number of nitrogens with two attached hydrogens (primary N) is 1. The summed E-state index contributed by atoms with van der Waals surface area (Å²) in [5, 5.41) is 0. The van der Waals surface area contributed by atoms with Crippen molar-refractivity contribution in [2.75, 3.05) is 24.7 Å². The Morgan fingerprint density at radius 3 is 2.57 bits per heavy atom. The number of carbonyl (C=O) groups is 2. The summed E-state index contributed by atoms with van der Waals surface area (Å²) in [5.74, 6) is -0.275.